The predicted molar refractivity (Wildman–Crippen MR) is 94.3 cm³/mol. The minimum atomic E-state index is -0.551. The normalized spacial score (nSPS) is 10.4. The summed E-state index contributed by atoms with van der Waals surface area (Å²) in [4.78, 5) is 23.6. The van der Waals surface area contributed by atoms with E-state index in [0.717, 1.165) is 5.56 Å². The van der Waals surface area contributed by atoms with Crippen LogP contribution in [0.25, 0.3) is 0 Å². The van der Waals surface area contributed by atoms with Crippen molar-refractivity contribution in [2.45, 2.75) is 26.9 Å². The molecular formula is C19H19ClO5. The lowest BCUT2D eigenvalue weighted by Crippen LogP contribution is -2.18. The highest BCUT2D eigenvalue weighted by Gasteiger charge is 2.11. The van der Waals surface area contributed by atoms with Gasteiger partial charge in [0.2, 0.25) is 0 Å². The Hall–Kier alpha value is -2.53. The molecule has 0 fully saturated rings. The van der Waals surface area contributed by atoms with Gasteiger partial charge in [-0.3, -0.25) is 0 Å². The van der Waals surface area contributed by atoms with E-state index in [2.05, 4.69) is 0 Å². The molecule has 0 aromatic heterocycles. The first kappa shape index (κ1) is 18.8. The number of halogens is 1. The SMILES string of the molecule is Cc1cc(OCC(=O)Oc2ccc(C(=O)OC(C)C)cc2)ccc1Cl. The number of hydrogen-bond donors (Lipinski definition) is 0. The van der Waals surface area contributed by atoms with Gasteiger partial charge in [0.05, 0.1) is 11.7 Å². The highest BCUT2D eigenvalue weighted by molar-refractivity contribution is 6.31. The molecule has 2 aromatic rings. The lowest BCUT2D eigenvalue weighted by Gasteiger charge is -2.09. The van der Waals surface area contributed by atoms with Crippen LogP contribution in [0.2, 0.25) is 5.02 Å². The van der Waals surface area contributed by atoms with Gasteiger partial charge < -0.3 is 14.2 Å². The summed E-state index contributed by atoms with van der Waals surface area (Å²) < 4.78 is 15.6. The molecule has 132 valence electrons. The Labute approximate surface area is 151 Å². The summed E-state index contributed by atoms with van der Waals surface area (Å²) in [5, 5.41) is 0.631. The summed E-state index contributed by atoms with van der Waals surface area (Å²) in [6.45, 7) is 5.16. The molecule has 0 unspecified atom stereocenters. The second-order valence-corrected chi connectivity index (χ2v) is 6.06. The third-order valence-corrected chi connectivity index (χ3v) is 3.57. The van der Waals surface area contributed by atoms with Crippen molar-refractivity contribution in [3.8, 4) is 11.5 Å². The molecule has 2 aromatic carbocycles. The van der Waals surface area contributed by atoms with E-state index in [1.807, 2.05) is 6.92 Å². The van der Waals surface area contributed by atoms with E-state index in [9.17, 15) is 9.59 Å². The van der Waals surface area contributed by atoms with Crippen LogP contribution in [0.1, 0.15) is 29.8 Å². The third-order valence-electron chi connectivity index (χ3n) is 3.15. The van der Waals surface area contributed by atoms with Crippen molar-refractivity contribution in [2.75, 3.05) is 6.61 Å². The van der Waals surface area contributed by atoms with E-state index in [-0.39, 0.29) is 12.7 Å². The lowest BCUT2D eigenvalue weighted by molar-refractivity contribution is -0.136. The molecule has 0 N–H and O–H groups in total. The van der Waals surface area contributed by atoms with Gasteiger partial charge >= 0.3 is 11.9 Å². The lowest BCUT2D eigenvalue weighted by atomic mass is 10.2. The smallest absolute Gasteiger partial charge is 0.349 e. The number of rotatable bonds is 6. The van der Waals surface area contributed by atoms with Gasteiger partial charge in [0.1, 0.15) is 11.5 Å². The topological polar surface area (TPSA) is 61.8 Å². The average Bonchev–Trinajstić information content (AvgIpc) is 2.56. The van der Waals surface area contributed by atoms with E-state index in [1.165, 1.54) is 24.3 Å². The van der Waals surface area contributed by atoms with E-state index >= 15 is 0 Å². The largest absolute Gasteiger partial charge is 0.482 e. The fourth-order valence-electron chi connectivity index (χ4n) is 1.95. The fraction of sp³-hybridized carbons (Fsp3) is 0.263. The van der Waals surface area contributed by atoms with E-state index in [4.69, 9.17) is 25.8 Å². The molecule has 0 radical (unpaired) electrons. The van der Waals surface area contributed by atoms with Crippen LogP contribution >= 0.6 is 11.6 Å². The van der Waals surface area contributed by atoms with Gasteiger partial charge in [0.25, 0.3) is 0 Å². The minimum Gasteiger partial charge on any atom is -0.482 e. The summed E-state index contributed by atoms with van der Waals surface area (Å²) in [5.74, 6) is -0.118. The van der Waals surface area contributed by atoms with Crippen molar-refractivity contribution in [2.24, 2.45) is 0 Å². The molecule has 0 bridgehead atoms. The number of benzene rings is 2. The Morgan fingerprint density at radius 1 is 1.04 bits per heavy atom. The van der Waals surface area contributed by atoms with Crippen molar-refractivity contribution in [1.82, 2.24) is 0 Å². The molecule has 25 heavy (non-hydrogen) atoms. The van der Waals surface area contributed by atoms with Crippen LogP contribution in [0.4, 0.5) is 0 Å². The van der Waals surface area contributed by atoms with Crippen molar-refractivity contribution in [1.29, 1.82) is 0 Å². The maximum absolute atomic E-state index is 11.8. The Kier molecular flexibility index (Phi) is 6.42. The quantitative estimate of drug-likeness (QED) is 0.569. The number of hydrogen-bond acceptors (Lipinski definition) is 5. The van der Waals surface area contributed by atoms with Gasteiger partial charge in [-0.25, -0.2) is 9.59 Å². The first-order valence-electron chi connectivity index (χ1n) is 7.76. The second-order valence-electron chi connectivity index (χ2n) is 5.65. The number of ether oxygens (including phenoxy) is 3. The summed E-state index contributed by atoms with van der Waals surface area (Å²) in [6.07, 6.45) is -0.196. The second kappa shape index (κ2) is 8.53. The Bertz CT molecular complexity index is 753. The van der Waals surface area contributed by atoms with Gasteiger partial charge in [0, 0.05) is 5.02 Å². The van der Waals surface area contributed by atoms with Crippen molar-refractivity contribution in [3.05, 3.63) is 58.6 Å². The molecule has 0 aliphatic rings. The van der Waals surface area contributed by atoms with Crippen molar-refractivity contribution >= 4 is 23.5 Å². The molecule has 2 rings (SSSR count). The van der Waals surface area contributed by atoms with Gasteiger partial charge in [-0.1, -0.05) is 11.6 Å². The summed E-state index contributed by atoms with van der Waals surface area (Å²) in [5.41, 5.74) is 1.25. The molecule has 0 saturated heterocycles. The summed E-state index contributed by atoms with van der Waals surface area (Å²) in [7, 11) is 0. The van der Waals surface area contributed by atoms with Crippen LogP contribution in [0.3, 0.4) is 0 Å². The molecule has 0 aliphatic heterocycles. The summed E-state index contributed by atoms with van der Waals surface area (Å²) >= 11 is 5.93. The van der Waals surface area contributed by atoms with Crippen LogP contribution in [0, 0.1) is 6.92 Å². The number of carbonyl (C=O) groups excluding carboxylic acids is 2. The third kappa shape index (κ3) is 5.80. The van der Waals surface area contributed by atoms with E-state index < -0.39 is 11.9 Å². The molecule has 0 amide bonds. The first-order chi connectivity index (χ1) is 11.8. The molecule has 6 heteroatoms. The van der Waals surface area contributed by atoms with Crippen LogP contribution in [0.15, 0.2) is 42.5 Å². The predicted octanol–water partition coefficient (Wildman–Crippen LogP) is 4.20. The average molecular weight is 363 g/mol. The number of carbonyl (C=O) groups is 2. The Morgan fingerprint density at radius 3 is 2.28 bits per heavy atom. The molecule has 5 nitrogen and oxygen atoms in total. The van der Waals surface area contributed by atoms with Gasteiger partial charge in [-0.15, -0.1) is 0 Å². The molecule has 0 spiro atoms. The van der Waals surface area contributed by atoms with E-state index in [1.54, 1.807) is 32.0 Å². The van der Waals surface area contributed by atoms with Crippen molar-refractivity contribution < 1.29 is 23.8 Å². The van der Waals surface area contributed by atoms with Gasteiger partial charge in [0.15, 0.2) is 6.61 Å². The van der Waals surface area contributed by atoms with Crippen LogP contribution in [-0.4, -0.2) is 24.6 Å². The monoisotopic (exact) mass is 362 g/mol. The van der Waals surface area contributed by atoms with Crippen LogP contribution in [-0.2, 0) is 9.53 Å². The number of esters is 2. The van der Waals surface area contributed by atoms with Crippen LogP contribution < -0.4 is 9.47 Å². The first-order valence-corrected chi connectivity index (χ1v) is 8.13. The maximum Gasteiger partial charge on any atom is 0.349 e. The zero-order valence-corrected chi connectivity index (χ0v) is 15.0. The Morgan fingerprint density at radius 2 is 1.68 bits per heavy atom. The molecule has 0 saturated carbocycles. The van der Waals surface area contributed by atoms with Gasteiger partial charge in [-0.2, -0.15) is 0 Å². The van der Waals surface area contributed by atoms with Crippen LogP contribution in [0.5, 0.6) is 11.5 Å². The molecule has 0 atom stereocenters. The molecule has 0 heterocycles. The summed E-state index contributed by atoms with van der Waals surface area (Å²) in [6, 6.07) is 11.3. The standard InChI is InChI=1S/C19H19ClO5/c1-12(2)24-19(22)14-4-6-15(7-5-14)25-18(21)11-23-16-8-9-17(20)13(3)10-16/h4-10,12H,11H2,1-3H3. The number of aryl methyl sites for hydroxylation is 1. The zero-order valence-electron chi connectivity index (χ0n) is 14.2. The zero-order chi connectivity index (χ0) is 18.4. The highest BCUT2D eigenvalue weighted by atomic mass is 35.5. The highest BCUT2D eigenvalue weighted by Crippen LogP contribution is 2.21. The fourth-order valence-corrected chi connectivity index (χ4v) is 2.07. The molecule has 0 aliphatic carbocycles. The maximum atomic E-state index is 11.8. The Balaban J connectivity index is 1.87. The van der Waals surface area contributed by atoms with Gasteiger partial charge in [-0.05, 0) is 68.8 Å². The van der Waals surface area contributed by atoms with Crippen molar-refractivity contribution in [3.63, 3.8) is 0 Å². The molecular weight excluding hydrogens is 344 g/mol. The van der Waals surface area contributed by atoms with E-state index in [0.29, 0.717) is 22.1 Å². The minimum absolute atomic E-state index is 0.196.